The number of carbonyl (C=O) groups excluding carboxylic acids is 1. The first-order chi connectivity index (χ1) is 15.2. The SMILES string of the molecule is Cc1noc(=O)c2ccc(NC(=O)C(O)(CC(C)(C)c3c(O)cccc3F)C(F)(F)F)cc12. The van der Waals surface area contributed by atoms with Gasteiger partial charge < -0.3 is 20.1 Å². The molecule has 1 amide bonds. The summed E-state index contributed by atoms with van der Waals surface area (Å²) >= 11 is 0. The minimum Gasteiger partial charge on any atom is -0.508 e. The number of carbonyl (C=O) groups is 1. The summed E-state index contributed by atoms with van der Waals surface area (Å²) in [6.45, 7) is 3.82. The van der Waals surface area contributed by atoms with Crippen molar-refractivity contribution in [3.05, 3.63) is 63.9 Å². The molecular formula is C22H20F4N2O5. The highest BCUT2D eigenvalue weighted by Crippen LogP contribution is 2.44. The molecule has 0 bridgehead atoms. The highest BCUT2D eigenvalue weighted by atomic mass is 19.4. The van der Waals surface area contributed by atoms with E-state index in [-0.39, 0.29) is 22.2 Å². The Morgan fingerprint density at radius 3 is 2.42 bits per heavy atom. The maximum Gasteiger partial charge on any atom is 0.426 e. The van der Waals surface area contributed by atoms with Gasteiger partial charge in [-0.3, -0.25) is 4.79 Å². The molecule has 0 fully saturated rings. The molecule has 0 saturated carbocycles. The van der Waals surface area contributed by atoms with Crippen LogP contribution in [0.2, 0.25) is 0 Å². The van der Waals surface area contributed by atoms with Gasteiger partial charge in [0.25, 0.3) is 5.91 Å². The van der Waals surface area contributed by atoms with E-state index in [1.165, 1.54) is 45.0 Å². The average molecular weight is 468 g/mol. The number of aliphatic hydroxyl groups is 1. The van der Waals surface area contributed by atoms with Gasteiger partial charge in [-0.25, -0.2) is 9.18 Å². The zero-order valence-corrected chi connectivity index (χ0v) is 17.7. The monoisotopic (exact) mass is 468 g/mol. The van der Waals surface area contributed by atoms with Gasteiger partial charge >= 0.3 is 11.8 Å². The summed E-state index contributed by atoms with van der Waals surface area (Å²) in [7, 11) is 0. The zero-order valence-electron chi connectivity index (χ0n) is 17.7. The van der Waals surface area contributed by atoms with E-state index in [2.05, 4.69) is 9.68 Å². The zero-order chi connectivity index (χ0) is 24.8. The van der Waals surface area contributed by atoms with E-state index in [1.807, 2.05) is 5.32 Å². The Morgan fingerprint density at radius 1 is 1.15 bits per heavy atom. The maximum absolute atomic E-state index is 14.3. The van der Waals surface area contributed by atoms with Crippen LogP contribution in [0.25, 0.3) is 10.8 Å². The lowest BCUT2D eigenvalue weighted by atomic mass is 9.74. The van der Waals surface area contributed by atoms with Crippen molar-refractivity contribution >= 4 is 22.4 Å². The van der Waals surface area contributed by atoms with Crippen LogP contribution in [0.3, 0.4) is 0 Å². The van der Waals surface area contributed by atoms with Crippen LogP contribution in [0.15, 0.2) is 45.7 Å². The Morgan fingerprint density at radius 2 is 1.82 bits per heavy atom. The number of rotatable bonds is 5. The maximum atomic E-state index is 14.3. The second kappa shape index (κ2) is 8.14. The summed E-state index contributed by atoms with van der Waals surface area (Å²) in [5, 5.41) is 26.4. The minimum atomic E-state index is -5.44. The Kier molecular flexibility index (Phi) is 5.97. The molecule has 0 aliphatic heterocycles. The molecule has 33 heavy (non-hydrogen) atoms. The molecule has 3 rings (SSSR count). The number of benzene rings is 2. The fourth-order valence-electron chi connectivity index (χ4n) is 3.76. The molecule has 3 aromatic rings. The first kappa shape index (κ1) is 24.2. The number of fused-ring (bicyclic) bond motifs is 1. The molecule has 0 radical (unpaired) electrons. The van der Waals surface area contributed by atoms with Gasteiger partial charge in [0.05, 0.1) is 11.1 Å². The molecule has 176 valence electrons. The van der Waals surface area contributed by atoms with Crippen LogP contribution in [-0.2, 0) is 10.2 Å². The summed E-state index contributed by atoms with van der Waals surface area (Å²) in [5.41, 5.74) is -6.88. The van der Waals surface area contributed by atoms with Gasteiger partial charge in [0, 0.05) is 23.1 Å². The van der Waals surface area contributed by atoms with Crippen molar-refractivity contribution in [2.75, 3.05) is 5.32 Å². The number of alkyl halides is 3. The number of nitrogens with zero attached hydrogens (tertiary/aromatic N) is 1. The molecule has 0 aliphatic carbocycles. The smallest absolute Gasteiger partial charge is 0.426 e. The number of hydrogen-bond acceptors (Lipinski definition) is 6. The molecule has 1 aromatic heterocycles. The average Bonchev–Trinajstić information content (AvgIpc) is 2.69. The third-order valence-corrected chi connectivity index (χ3v) is 5.36. The first-order valence-corrected chi connectivity index (χ1v) is 9.66. The molecule has 1 heterocycles. The van der Waals surface area contributed by atoms with Crippen LogP contribution in [-0.4, -0.2) is 33.1 Å². The van der Waals surface area contributed by atoms with Gasteiger partial charge in [-0.1, -0.05) is 25.1 Å². The second-order valence-corrected chi connectivity index (χ2v) is 8.32. The quantitative estimate of drug-likeness (QED) is 0.489. The van der Waals surface area contributed by atoms with Crippen molar-refractivity contribution in [3.63, 3.8) is 0 Å². The van der Waals surface area contributed by atoms with Gasteiger partial charge in [-0.2, -0.15) is 13.2 Å². The third-order valence-electron chi connectivity index (χ3n) is 5.36. The number of aromatic hydroxyl groups is 1. The van der Waals surface area contributed by atoms with Gasteiger partial charge in [0.2, 0.25) is 5.60 Å². The molecule has 0 aliphatic rings. The molecule has 1 atom stereocenters. The van der Waals surface area contributed by atoms with E-state index >= 15 is 0 Å². The van der Waals surface area contributed by atoms with Crippen LogP contribution in [0.5, 0.6) is 5.75 Å². The second-order valence-electron chi connectivity index (χ2n) is 8.32. The first-order valence-electron chi connectivity index (χ1n) is 9.66. The molecule has 0 spiro atoms. The summed E-state index contributed by atoms with van der Waals surface area (Å²) in [6, 6.07) is 6.84. The van der Waals surface area contributed by atoms with E-state index in [1.54, 1.807) is 0 Å². The van der Waals surface area contributed by atoms with Crippen LogP contribution in [0, 0.1) is 12.7 Å². The predicted octanol–water partition coefficient (Wildman–Crippen LogP) is 3.94. The van der Waals surface area contributed by atoms with Crippen LogP contribution in [0.4, 0.5) is 23.2 Å². The Labute approximate surface area is 184 Å². The number of halogens is 4. The van der Waals surface area contributed by atoms with Crippen LogP contribution >= 0.6 is 0 Å². The standard InChI is InChI=1S/C22H20F4N2O5/c1-11-14-9-12(7-8-13(14)18(30)33-28-11)27-19(31)21(32,22(24,25)26)10-20(2,3)17-15(23)5-4-6-16(17)29/h4-9,29,32H,10H2,1-3H3,(H,27,31). The molecule has 2 aromatic carbocycles. The number of aryl methyl sites for hydroxylation is 1. The number of amides is 1. The number of hydrogen-bond donors (Lipinski definition) is 3. The number of phenols is 1. The van der Waals surface area contributed by atoms with Gasteiger partial charge in [0.1, 0.15) is 11.6 Å². The minimum absolute atomic E-state index is 0.0998. The van der Waals surface area contributed by atoms with Crippen LogP contribution < -0.4 is 10.9 Å². The summed E-state index contributed by atoms with van der Waals surface area (Å²) in [6.07, 6.45) is -6.73. The number of aromatic nitrogens is 1. The predicted molar refractivity (Wildman–Crippen MR) is 110 cm³/mol. The molecular weight excluding hydrogens is 448 g/mol. The fourth-order valence-corrected chi connectivity index (χ4v) is 3.76. The van der Waals surface area contributed by atoms with Gasteiger partial charge in [-0.05, 0) is 42.7 Å². The molecule has 11 heteroatoms. The Hall–Kier alpha value is -3.47. The normalized spacial score (nSPS) is 14.2. The van der Waals surface area contributed by atoms with E-state index in [0.29, 0.717) is 0 Å². The number of nitrogens with one attached hydrogen (secondary N) is 1. The highest BCUT2D eigenvalue weighted by Gasteiger charge is 2.61. The lowest BCUT2D eigenvalue weighted by Crippen LogP contribution is -2.57. The van der Waals surface area contributed by atoms with Crippen molar-refractivity contribution in [1.82, 2.24) is 5.16 Å². The molecule has 1 unspecified atom stereocenters. The highest BCUT2D eigenvalue weighted by molar-refractivity contribution is 5.99. The van der Waals surface area contributed by atoms with Crippen molar-refractivity contribution in [2.45, 2.75) is 44.4 Å². The van der Waals surface area contributed by atoms with Crippen molar-refractivity contribution in [1.29, 1.82) is 0 Å². The lowest BCUT2D eigenvalue weighted by molar-refractivity contribution is -0.254. The Balaban J connectivity index is 2.01. The van der Waals surface area contributed by atoms with E-state index < -0.39 is 52.3 Å². The van der Waals surface area contributed by atoms with Crippen LogP contribution in [0.1, 0.15) is 31.5 Å². The lowest BCUT2D eigenvalue weighted by Gasteiger charge is -2.37. The third kappa shape index (κ3) is 4.40. The largest absolute Gasteiger partial charge is 0.508 e. The van der Waals surface area contributed by atoms with E-state index in [0.717, 1.165) is 12.1 Å². The summed E-state index contributed by atoms with van der Waals surface area (Å²) in [5.74, 6) is -3.41. The van der Waals surface area contributed by atoms with Gasteiger partial charge in [0.15, 0.2) is 0 Å². The number of anilines is 1. The topological polar surface area (TPSA) is 113 Å². The van der Waals surface area contributed by atoms with Crippen molar-refractivity contribution in [2.24, 2.45) is 0 Å². The van der Waals surface area contributed by atoms with E-state index in [4.69, 9.17) is 0 Å². The Bertz CT molecular complexity index is 1270. The van der Waals surface area contributed by atoms with Crippen molar-refractivity contribution < 1.29 is 37.1 Å². The summed E-state index contributed by atoms with van der Waals surface area (Å²) < 4.78 is 60.7. The van der Waals surface area contributed by atoms with E-state index in [9.17, 15) is 37.4 Å². The number of phenolic OH excluding ortho intramolecular Hbond substituents is 1. The van der Waals surface area contributed by atoms with Gasteiger partial charge in [-0.15, -0.1) is 0 Å². The molecule has 7 nitrogen and oxygen atoms in total. The molecule has 0 saturated heterocycles. The fraction of sp³-hybridized carbons (Fsp3) is 0.318. The summed E-state index contributed by atoms with van der Waals surface area (Å²) in [4.78, 5) is 24.5. The molecule has 3 N–H and O–H groups in total. The van der Waals surface area contributed by atoms with Crippen molar-refractivity contribution in [3.8, 4) is 5.75 Å².